The predicted molar refractivity (Wildman–Crippen MR) is 104 cm³/mol. The molecule has 2 fully saturated rings. The monoisotopic (exact) mass is 374 g/mol. The molecule has 140 valence electrons. The molecule has 6 nitrogen and oxygen atoms in total. The molecule has 0 radical (unpaired) electrons. The number of hydrogen-bond acceptors (Lipinski definition) is 6. The Kier molecular flexibility index (Phi) is 4.61. The van der Waals surface area contributed by atoms with E-state index in [0.717, 1.165) is 36.3 Å². The maximum Gasteiger partial charge on any atom is 0.283 e. The molecule has 4 aliphatic rings. The van der Waals surface area contributed by atoms with Crippen molar-refractivity contribution in [3.05, 3.63) is 22.2 Å². The molecule has 2 atom stereocenters. The maximum absolute atomic E-state index is 12.5. The van der Waals surface area contributed by atoms with Crippen LogP contribution in [0.2, 0.25) is 0 Å². The van der Waals surface area contributed by atoms with Gasteiger partial charge in [0.25, 0.3) is 5.91 Å². The van der Waals surface area contributed by atoms with Gasteiger partial charge in [-0.3, -0.25) is 4.79 Å². The number of anilines is 1. The van der Waals surface area contributed by atoms with Gasteiger partial charge in [0.1, 0.15) is 4.88 Å². The van der Waals surface area contributed by atoms with Crippen LogP contribution in [0.1, 0.15) is 42.1 Å². The van der Waals surface area contributed by atoms with E-state index in [1.54, 1.807) is 0 Å². The number of amides is 1. The minimum absolute atomic E-state index is 0.182. The van der Waals surface area contributed by atoms with Crippen molar-refractivity contribution >= 4 is 28.6 Å². The lowest BCUT2D eigenvalue weighted by Crippen LogP contribution is -2.48. The van der Waals surface area contributed by atoms with Crippen molar-refractivity contribution in [2.24, 2.45) is 22.4 Å². The topological polar surface area (TPSA) is 66.8 Å². The maximum atomic E-state index is 12.5. The van der Waals surface area contributed by atoms with Crippen molar-refractivity contribution < 1.29 is 9.53 Å². The van der Waals surface area contributed by atoms with E-state index in [1.807, 2.05) is 13.1 Å². The van der Waals surface area contributed by atoms with E-state index in [4.69, 9.17) is 4.74 Å². The van der Waals surface area contributed by atoms with Gasteiger partial charge in [-0.2, -0.15) is 5.10 Å². The van der Waals surface area contributed by atoms with Gasteiger partial charge in [-0.25, -0.2) is 10.4 Å². The summed E-state index contributed by atoms with van der Waals surface area (Å²) < 4.78 is 5.37. The first-order valence-corrected chi connectivity index (χ1v) is 10.1. The first-order chi connectivity index (χ1) is 12.5. The zero-order chi connectivity index (χ0) is 18.3. The summed E-state index contributed by atoms with van der Waals surface area (Å²) in [4.78, 5) is 19.9. The number of hydrazone groups is 1. The number of carbonyl (C=O) groups excluding carboxylic acids is 1. The molecule has 0 unspecified atom stereocenters. The molecule has 1 aromatic rings. The van der Waals surface area contributed by atoms with E-state index in [2.05, 4.69) is 40.3 Å². The van der Waals surface area contributed by atoms with Crippen molar-refractivity contribution in [3.8, 4) is 0 Å². The highest BCUT2D eigenvalue weighted by Crippen LogP contribution is 2.58. The van der Waals surface area contributed by atoms with Gasteiger partial charge >= 0.3 is 0 Å². The second kappa shape index (κ2) is 6.78. The number of hydrogen-bond donors (Lipinski definition) is 1. The quantitative estimate of drug-likeness (QED) is 0.650. The predicted octanol–water partition coefficient (Wildman–Crippen LogP) is 3.00. The van der Waals surface area contributed by atoms with Crippen LogP contribution in [0.5, 0.6) is 0 Å². The van der Waals surface area contributed by atoms with Crippen LogP contribution in [-0.2, 0) is 4.74 Å². The van der Waals surface area contributed by atoms with E-state index in [1.165, 1.54) is 23.3 Å². The molecule has 1 aliphatic heterocycles. The van der Waals surface area contributed by atoms with Crippen molar-refractivity contribution in [3.63, 3.8) is 0 Å². The lowest BCUT2D eigenvalue weighted by molar-refractivity contribution is -0.00126. The molecule has 2 heterocycles. The Labute approximate surface area is 158 Å². The highest BCUT2D eigenvalue weighted by molar-refractivity contribution is 7.17. The fraction of sp³-hybridized carbons (Fsp3) is 0.632. The zero-order valence-electron chi connectivity index (χ0n) is 15.6. The first-order valence-electron chi connectivity index (χ1n) is 9.30. The van der Waals surface area contributed by atoms with Gasteiger partial charge in [-0.15, -0.1) is 0 Å². The number of aromatic nitrogens is 1. The number of morpholine rings is 1. The number of rotatable bonds is 4. The summed E-state index contributed by atoms with van der Waals surface area (Å²) in [6, 6.07) is 0. The lowest BCUT2D eigenvalue weighted by atomic mass is 9.49. The van der Waals surface area contributed by atoms with Crippen molar-refractivity contribution in [1.29, 1.82) is 0 Å². The fourth-order valence-electron chi connectivity index (χ4n) is 4.24. The van der Waals surface area contributed by atoms with Gasteiger partial charge in [-0.1, -0.05) is 31.3 Å². The summed E-state index contributed by atoms with van der Waals surface area (Å²) in [5.74, 6) is 1.19. The normalized spacial score (nSPS) is 27.2. The number of nitrogens with one attached hydrogen (secondary N) is 1. The summed E-state index contributed by atoms with van der Waals surface area (Å²) in [6.45, 7) is 9.59. The van der Waals surface area contributed by atoms with Gasteiger partial charge < -0.3 is 9.64 Å². The minimum atomic E-state index is -0.182. The van der Waals surface area contributed by atoms with Gasteiger partial charge in [0, 0.05) is 13.1 Å². The number of nitrogens with zero attached hydrogens (tertiary/aromatic N) is 3. The average Bonchev–Trinajstić information content (AvgIpc) is 3.04. The molecule has 0 spiro atoms. The van der Waals surface area contributed by atoms with Crippen LogP contribution < -0.4 is 10.3 Å². The number of thiazole rings is 1. The molecule has 3 aliphatic carbocycles. The third-order valence-corrected chi connectivity index (χ3v) is 7.38. The molecule has 1 saturated carbocycles. The highest BCUT2D eigenvalue weighted by atomic mass is 32.1. The van der Waals surface area contributed by atoms with Gasteiger partial charge in [0.15, 0.2) is 5.13 Å². The number of fused-ring (bicyclic) bond motifs is 1. The number of carbonyl (C=O) groups is 1. The molecule has 2 bridgehead atoms. The van der Waals surface area contributed by atoms with Crippen LogP contribution in [-0.4, -0.2) is 43.4 Å². The third kappa shape index (κ3) is 3.07. The molecule has 1 amide bonds. The molecule has 1 saturated heterocycles. The van der Waals surface area contributed by atoms with E-state index in [0.29, 0.717) is 29.4 Å². The molecule has 7 heteroatoms. The molecule has 5 rings (SSSR count). The second-order valence-corrected chi connectivity index (χ2v) is 8.93. The van der Waals surface area contributed by atoms with E-state index >= 15 is 0 Å². The van der Waals surface area contributed by atoms with Crippen molar-refractivity contribution in [1.82, 2.24) is 10.4 Å². The minimum Gasteiger partial charge on any atom is -0.378 e. The summed E-state index contributed by atoms with van der Waals surface area (Å²) >= 11 is 1.43. The van der Waals surface area contributed by atoms with E-state index in [-0.39, 0.29) is 5.91 Å². The molecule has 0 aromatic carbocycles. The Bertz CT molecular complexity index is 762. The van der Waals surface area contributed by atoms with Crippen molar-refractivity contribution in [2.75, 3.05) is 31.2 Å². The van der Waals surface area contributed by atoms with Gasteiger partial charge in [-0.05, 0) is 42.6 Å². The van der Waals surface area contributed by atoms with E-state index < -0.39 is 0 Å². The summed E-state index contributed by atoms with van der Waals surface area (Å²) in [7, 11) is 0. The molecule has 26 heavy (non-hydrogen) atoms. The van der Waals surface area contributed by atoms with Crippen LogP contribution in [0.15, 0.2) is 16.8 Å². The molecular formula is C19H26N4O2S. The molecular weight excluding hydrogens is 348 g/mol. The Balaban J connectivity index is 1.39. The molecule has 1 aromatic heterocycles. The van der Waals surface area contributed by atoms with E-state index in [9.17, 15) is 4.79 Å². The summed E-state index contributed by atoms with van der Waals surface area (Å²) in [6.07, 6.45) is 6.47. The van der Waals surface area contributed by atoms with Crippen LogP contribution in [0, 0.1) is 24.2 Å². The van der Waals surface area contributed by atoms with Crippen LogP contribution in [0.3, 0.4) is 0 Å². The second-order valence-electron chi connectivity index (χ2n) is 7.96. The van der Waals surface area contributed by atoms with Gasteiger partial charge in [0.2, 0.25) is 0 Å². The highest BCUT2D eigenvalue weighted by Gasteiger charge is 2.50. The Morgan fingerprint density at radius 2 is 2.23 bits per heavy atom. The fourth-order valence-corrected chi connectivity index (χ4v) is 5.25. The number of ether oxygens (including phenoxy) is 1. The Hall–Kier alpha value is -1.73. The smallest absolute Gasteiger partial charge is 0.283 e. The van der Waals surface area contributed by atoms with Crippen LogP contribution >= 0.6 is 11.3 Å². The number of aryl methyl sites for hydroxylation is 1. The summed E-state index contributed by atoms with van der Waals surface area (Å²) in [5.41, 5.74) is 5.06. The number of allylic oxidation sites excluding steroid dienone is 2. The SMILES string of the molecule is Cc1nc(N2CCOCC2)sc1C(=O)NN=CC1=CC[C@H]2C[C@H]1C2(C)C. The van der Waals surface area contributed by atoms with Crippen molar-refractivity contribution in [2.45, 2.75) is 33.6 Å². The van der Waals surface area contributed by atoms with Crippen LogP contribution in [0.25, 0.3) is 0 Å². The van der Waals surface area contributed by atoms with Crippen LogP contribution in [0.4, 0.5) is 5.13 Å². The molecule has 1 N–H and O–H groups in total. The van der Waals surface area contributed by atoms with Gasteiger partial charge in [0.05, 0.1) is 25.1 Å². The third-order valence-electron chi connectivity index (χ3n) is 6.16. The average molecular weight is 375 g/mol. The first kappa shape index (κ1) is 17.7. The zero-order valence-corrected chi connectivity index (χ0v) is 16.4. The lowest BCUT2D eigenvalue weighted by Gasteiger charge is -2.55. The Morgan fingerprint density at radius 1 is 1.46 bits per heavy atom. The largest absolute Gasteiger partial charge is 0.378 e. The Morgan fingerprint density at radius 3 is 2.92 bits per heavy atom. The summed E-state index contributed by atoms with van der Waals surface area (Å²) in [5, 5.41) is 5.11. The standard InChI is InChI=1S/C19H26N4O2S/c1-12-16(26-18(21-12)23-6-8-25-9-7-23)17(24)22-20-11-13-4-5-14-10-15(13)19(14,2)3/h4,11,14-15H,5-10H2,1-3H3,(H,22,24)/t14-,15+/m0/s1.